The number of fused-ring (bicyclic) bond motifs is 1. The average Bonchev–Trinajstić information content (AvgIpc) is 3.52. The number of carbonyl (C=O) groups is 1. The van der Waals surface area contributed by atoms with Crippen molar-refractivity contribution in [2.45, 2.75) is 63.0 Å². The smallest absolute Gasteiger partial charge is 0.318 e. The quantitative estimate of drug-likeness (QED) is 0.327. The van der Waals surface area contributed by atoms with Crippen molar-refractivity contribution in [1.29, 1.82) is 0 Å². The third-order valence-electron chi connectivity index (χ3n) is 8.81. The standard InChI is InChI=1S/C29H29F6N5O/c1-17-13-39(9-8-28(17,31)32)14-18-10-21-22(23(11-18)29(33,34)35)15-40(26(21)41)20-5-3-4-19(12-20)27(6-7-27)24(30)25-37-36-16-38(25)2/h3-5,10-12,16-17,24H,6-9,13-15H2,1-2H3/t17?,24-/m1/s1. The van der Waals surface area contributed by atoms with Crippen molar-refractivity contribution >= 4 is 11.6 Å². The van der Waals surface area contributed by atoms with Crippen molar-refractivity contribution in [2.24, 2.45) is 13.0 Å². The molecule has 1 saturated heterocycles. The van der Waals surface area contributed by atoms with E-state index < -0.39 is 41.1 Å². The molecule has 3 aliphatic rings. The van der Waals surface area contributed by atoms with Gasteiger partial charge in [-0.15, -0.1) is 10.2 Å². The number of aromatic nitrogens is 3. The zero-order valence-electron chi connectivity index (χ0n) is 22.6. The number of anilines is 1. The van der Waals surface area contributed by atoms with Crippen LogP contribution in [0, 0.1) is 5.92 Å². The second-order valence-corrected chi connectivity index (χ2v) is 11.6. The van der Waals surface area contributed by atoms with Crippen molar-refractivity contribution in [2.75, 3.05) is 18.0 Å². The van der Waals surface area contributed by atoms with Gasteiger partial charge in [-0.2, -0.15) is 13.2 Å². The van der Waals surface area contributed by atoms with E-state index >= 15 is 4.39 Å². The van der Waals surface area contributed by atoms with Crippen LogP contribution in [0.2, 0.25) is 0 Å². The van der Waals surface area contributed by atoms with Gasteiger partial charge in [-0.05, 0) is 53.8 Å². The van der Waals surface area contributed by atoms with Crippen LogP contribution in [0.4, 0.5) is 32.0 Å². The lowest BCUT2D eigenvalue weighted by molar-refractivity contribution is -0.138. The first-order chi connectivity index (χ1) is 19.3. The molecule has 1 aromatic heterocycles. The number of benzene rings is 2. The Hall–Kier alpha value is -3.41. The van der Waals surface area contributed by atoms with Gasteiger partial charge in [0, 0.05) is 55.7 Å². The summed E-state index contributed by atoms with van der Waals surface area (Å²) in [5, 5.41) is 7.67. The summed E-state index contributed by atoms with van der Waals surface area (Å²) in [7, 11) is 1.65. The number of halogens is 6. The molecule has 3 aromatic rings. The highest BCUT2D eigenvalue weighted by molar-refractivity contribution is 6.10. The molecule has 1 aliphatic carbocycles. The predicted molar refractivity (Wildman–Crippen MR) is 138 cm³/mol. The summed E-state index contributed by atoms with van der Waals surface area (Å²) >= 11 is 0. The van der Waals surface area contributed by atoms with E-state index in [4.69, 9.17) is 0 Å². The Balaban J connectivity index is 1.29. The van der Waals surface area contributed by atoms with Crippen LogP contribution in [-0.4, -0.2) is 44.6 Å². The molecule has 0 bridgehead atoms. The van der Waals surface area contributed by atoms with E-state index in [1.54, 1.807) is 36.2 Å². The molecule has 218 valence electrons. The zero-order chi connectivity index (χ0) is 29.3. The largest absolute Gasteiger partial charge is 0.416 e. The van der Waals surface area contributed by atoms with Gasteiger partial charge in [-0.3, -0.25) is 9.69 Å². The summed E-state index contributed by atoms with van der Waals surface area (Å²) in [6, 6.07) is 9.20. The molecule has 6 rings (SSSR count). The van der Waals surface area contributed by atoms with Crippen LogP contribution in [0.15, 0.2) is 42.7 Å². The maximum atomic E-state index is 15.7. The van der Waals surface area contributed by atoms with Gasteiger partial charge in [-0.25, -0.2) is 13.2 Å². The molecule has 0 spiro atoms. The molecule has 1 unspecified atom stereocenters. The normalized spacial score (nSPS) is 22.6. The van der Waals surface area contributed by atoms with Crippen molar-refractivity contribution in [1.82, 2.24) is 19.7 Å². The van der Waals surface area contributed by atoms with Crippen LogP contribution < -0.4 is 4.90 Å². The Morgan fingerprint density at radius 3 is 2.51 bits per heavy atom. The second-order valence-electron chi connectivity index (χ2n) is 11.6. The van der Waals surface area contributed by atoms with Crippen molar-refractivity contribution in [3.8, 4) is 0 Å². The Labute approximate surface area is 233 Å². The number of aryl methyl sites for hydroxylation is 1. The number of hydrogen-bond acceptors (Lipinski definition) is 4. The molecule has 6 nitrogen and oxygen atoms in total. The van der Waals surface area contributed by atoms with E-state index in [-0.39, 0.29) is 55.1 Å². The number of likely N-dealkylation sites (tertiary alicyclic amines) is 1. The highest BCUT2D eigenvalue weighted by Gasteiger charge is 2.54. The number of carbonyl (C=O) groups excluding carboxylic acids is 1. The molecule has 41 heavy (non-hydrogen) atoms. The highest BCUT2D eigenvalue weighted by atomic mass is 19.4. The SMILES string of the molecule is CC1CN(Cc2cc3c(c(C(F)(F)F)c2)CN(c2cccc(C4([C@H](F)c5nncn5C)CC4)c2)C3=O)CCC1(F)F. The highest BCUT2D eigenvalue weighted by Crippen LogP contribution is 2.58. The number of rotatable bonds is 6. The fraction of sp³-hybridized carbons (Fsp3) is 0.483. The topological polar surface area (TPSA) is 54.3 Å². The minimum Gasteiger partial charge on any atom is -0.318 e. The van der Waals surface area contributed by atoms with Crippen molar-refractivity contribution < 1.29 is 31.1 Å². The first-order valence-electron chi connectivity index (χ1n) is 13.5. The lowest BCUT2D eigenvalue weighted by atomic mass is 9.90. The van der Waals surface area contributed by atoms with E-state index in [1.807, 2.05) is 0 Å². The molecule has 1 amide bonds. The van der Waals surface area contributed by atoms with E-state index in [2.05, 4.69) is 10.2 Å². The lowest BCUT2D eigenvalue weighted by Gasteiger charge is -2.36. The van der Waals surface area contributed by atoms with Crippen LogP contribution in [0.3, 0.4) is 0 Å². The second kappa shape index (κ2) is 9.57. The zero-order valence-corrected chi connectivity index (χ0v) is 22.6. The fourth-order valence-electron chi connectivity index (χ4n) is 6.16. The minimum atomic E-state index is -4.71. The summed E-state index contributed by atoms with van der Waals surface area (Å²) < 4.78 is 87.7. The summed E-state index contributed by atoms with van der Waals surface area (Å²) in [6.07, 6.45) is -3.99. The Kier molecular flexibility index (Phi) is 6.48. The molecule has 0 N–H and O–H groups in total. The number of hydrogen-bond donors (Lipinski definition) is 0. The van der Waals surface area contributed by atoms with Gasteiger partial charge in [-0.1, -0.05) is 19.1 Å². The third-order valence-corrected chi connectivity index (χ3v) is 8.81. The molecule has 2 aromatic carbocycles. The average molecular weight is 578 g/mol. The molecule has 12 heteroatoms. The van der Waals surface area contributed by atoms with Crippen molar-refractivity contribution in [3.63, 3.8) is 0 Å². The van der Waals surface area contributed by atoms with E-state index in [0.717, 1.165) is 6.07 Å². The Morgan fingerprint density at radius 2 is 1.88 bits per heavy atom. The van der Waals surface area contributed by atoms with Crippen molar-refractivity contribution in [3.05, 3.63) is 76.4 Å². The van der Waals surface area contributed by atoms with E-state index in [9.17, 15) is 26.7 Å². The summed E-state index contributed by atoms with van der Waals surface area (Å²) in [4.78, 5) is 16.5. The minimum absolute atomic E-state index is 0.0298. The van der Waals surface area contributed by atoms with Gasteiger partial charge in [0.25, 0.3) is 11.8 Å². The van der Waals surface area contributed by atoms with Gasteiger partial charge in [0.05, 0.1) is 12.1 Å². The molecule has 0 radical (unpaired) electrons. The lowest BCUT2D eigenvalue weighted by Crippen LogP contribution is -2.45. The van der Waals surface area contributed by atoms with Gasteiger partial charge in [0.1, 0.15) is 6.33 Å². The first-order valence-corrected chi connectivity index (χ1v) is 13.5. The maximum absolute atomic E-state index is 15.7. The number of amides is 1. The Bertz CT molecular complexity index is 1500. The summed E-state index contributed by atoms with van der Waals surface area (Å²) in [5.41, 5.74) is -0.670. The first kappa shape index (κ1) is 27.7. The number of piperidine rings is 1. The predicted octanol–water partition coefficient (Wildman–Crippen LogP) is 6.21. The van der Waals surface area contributed by atoms with Crippen LogP contribution >= 0.6 is 0 Å². The Morgan fingerprint density at radius 1 is 1.12 bits per heavy atom. The molecule has 2 aliphatic heterocycles. The molecule has 2 atom stereocenters. The maximum Gasteiger partial charge on any atom is 0.416 e. The van der Waals surface area contributed by atoms with Gasteiger partial charge in [0.2, 0.25) is 0 Å². The van der Waals surface area contributed by atoms with Crippen LogP contribution in [-0.2, 0) is 31.7 Å². The summed E-state index contributed by atoms with van der Waals surface area (Å²) in [6.45, 7) is 1.27. The molecule has 3 heterocycles. The van der Waals surface area contributed by atoms with Crippen LogP contribution in [0.25, 0.3) is 0 Å². The fourth-order valence-corrected chi connectivity index (χ4v) is 6.16. The molecule has 1 saturated carbocycles. The van der Waals surface area contributed by atoms with E-state index in [0.29, 0.717) is 24.1 Å². The number of alkyl halides is 6. The van der Waals surface area contributed by atoms with Crippen LogP contribution in [0.1, 0.15) is 70.8 Å². The summed E-state index contributed by atoms with van der Waals surface area (Å²) in [5.74, 6) is -4.14. The van der Waals surface area contributed by atoms with Gasteiger partial charge in [0.15, 0.2) is 12.0 Å². The van der Waals surface area contributed by atoms with E-state index in [1.165, 1.54) is 28.8 Å². The van der Waals surface area contributed by atoms with Gasteiger partial charge >= 0.3 is 6.18 Å². The van der Waals surface area contributed by atoms with Gasteiger partial charge < -0.3 is 9.47 Å². The molecule has 2 fully saturated rings. The third kappa shape index (κ3) is 4.79. The monoisotopic (exact) mass is 577 g/mol. The number of nitrogens with zero attached hydrogens (tertiary/aromatic N) is 5. The van der Waals surface area contributed by atoms with Crippen LogP contribution in [0.5, 0.6) is 0 Å². The molecular formula is C29H29F6N5O. The molecular weight excluding hydrogens is 548 g/mol.